The van der Waals surface area contributed by atoms with Gasteiger partial charge in [0.1, 0.15) is 5.75 Å². The summed E-state index contributed by atoms with van der Waals surface area (Å²) in [6.45, 7) is 9.39. The Kier molecular flexibility index (Phi) is 6.32. The van der Waals surface area contributed by atoms with Gasteiger partial charge >= 0.3 is 0 Å². The standard InChI is InChI=1S/C16H27NO2/c1-5-13(6-2)16(19)10-17-9-14-7-11(3)12(4)8-15(14)18/h7-8,13,16-19H,5-6,9-10H2,1-4H3. The molecule has 0 amide bonds. The first-order valence-corrected chi connectivity index (χ1v) is 7.17. The Bertz CT molecular complexity index is 400. The molecule has 3 heteroatoms. The third-order valence-electron chi connectivity index (χ3n) is 3.96. The Labute approximate surface area is 116 Å². The first-order valence-electron chi connectivity index (χ1n) is 7.17. The molecule has 0 spiro atoms. The smallest absolute Gasteiger partial charge is 0.120 e. The molecular weight excluding hydrogens is 238 g/mol. The van der Waals surface area contributed by atoms with Crippen LogP contribution in [0.2, 0.25) is 0 Å². The van der Waals surface area contributed by atoms with Crippen molar-refractivity contribution in [2.24, 2.45) is 5.92 Å². The molecule has 0 aliphatic rings. The maximum atomic E-state index is 10.0. The van der Waals surface area contributed by atoms with E-state index in [0.29, 0.717) is 24.8 Å². The average Bonchev–Trinajstić information content (AvgIpc) is 2.37. The third kappa shape index (κ3) is 4.51. The molecule has 1 aromatic rings. The highest BCUT2D eigenvalue weighted by Crippen LogP contribution is 2.21. The molecule has 0 aromatic heterocycles. The molecule has 1 atom stereocenters. The number of phenolic OH excluding ortho intramolecular Hbond substituents is 1. The van der Waals surface area contributed by atoms with Gasteiger partial charge in [-0.2, -0.15) is 0 Å². The van der Waals surface area contributed by atoms with Gasteiger partial charge in [0.15, 0.2) is 0 Å². The fourth-order valence-corrected chi connectivity index (χ4v) is 2.36. The molecule has 0 bridgehead atoms. The SMILES string of the molecule is CCC(CC)C(O)CNCc1cc(C)c(C)cc1O. The van der Waals surface area contributed by atoms with Crippen LogP contribution < -0.4 is 5.32 Å². The summed E-state index contributed by atoms with van der Waals surface area (Å²) in [6, 6.07) is 3.80. The number of aromatic hydroxyl groups is 1. The number of aliphatic hydroxyl groups is 1. The van der Waals surface area contributed by atoms with Crippen molar-refractivity contribution < 1.29 is 10.2 Å². The number of hydrogen-bond donors (Lipinski definition) is 3. The number of phenols is 1. The Morgan fingerprint density at radius 2 is 1.68 bits per heavy atom. The van der Waals surface area contributed by atoms with Crippen molar-refractivity contribution in [3.63, 3.8) is 0 Å². The first-order chi connectivity index (χ1) is 8.99. The summed E-state index contributed by atoms with van der Waals surface area (Å²) < 4.78 is 0. The van der Waals surface area contributed by atoms with E-state index in [0.717, 1.165) is 24.0 Å². The van der Waals surface area contributed by atoms with Gasteiger partial charge in [0.05, 0.1) is 6.10 Å². The molecule has 108 valence electrons. The summed E-state index contributed by atoms with van der Waals surface area (Å²) >= 11 is 0. The van der Waals surface area contributed by atoms with Crippen LogP contribution >= 0.6 is 0 Å². The van der Waals surface area contributed by atoms with Gasteiger partial charge in [-0.3, -0.25) is 0 Å². The predicted octanol–water partition coefficient (Wildman–Crippen LogP) is 2.90. The summed E-state index contributed by atoms with van der Waals surface area (Å²) in [7, 11) is 0. The molecule has 0 saturated carbocycles. The van der Waals surface area contributed by atoms with Gasteiger partial charge in [0.2, 0.25) is 0 Å². The van der Waals surface area contributed by atoms with Crippen molar-refractivity contribution in [2.45, 2.75) is 53.2 Å². The van der Waals surface area contributed by atoms with Gasteiger partial charge in [-0.1, -0.05) is 32.8 Å². The van der Waals surface area contributed by atoms with Crippen molar-refractivity contribution >= 4 is 0 Å². The highest BCUT2D eigenvalue weighted by molar-refractivity contribution is 5.40. The number of nitrogens with one attached hydrogen (secondary N) is 1. The van der Waals surface area contributed by atoms with Crippen LogP contribution in [-0.2, 0) is 6.54 Å². The summed E-state index contributed by atoms with van der Waals surface area (Å²) in [5.74, 6) is 0.675. The largest absolute Gasteiger partial charge is 0.508 e. The molecule has 0 aliphatic heterocycles. The lowest BCUT2D eigenvalue weighted by molar-refractivity contribution is 0.101. The normalized spacial score (nSPS) is 12.9. The molecular formula is C16H27NO2. The second-order valence-electron chi connectivity index (χ2n) is 5.34. The van der Waals surface area contributed by atoms with Crippen LogP contribution in [0.15, 0.2) is 12.1 Å². The fourth-order valence-electron chi connectivity index (χ4n) is 2.36. The Balaban J connectivity index is 2.51. The summed E-state index contributed by atoms with van der Waals surface area (Å²) in [5.41, 5.74) is 3.16. The molecule has 0 fully saturated rings. The van der Waals surface area contributed by atoms with E-state index in [-0.39, 0.29) is 6.10 Å². The number of aryl methyl sites for hydroxylation is 2. The molecule has 1 rings (SSSR count). The Morgan fingerprint density at radius 3 is 2.26 bits per heavy atom. The topological polar surface area (TPSA) is 52.5 Å². The van der Waals surface area contributed by atoms with Crippen LogP contribution in [0.1, 0.15) is 43.4 Å². The Hall–Kier alpha value is -1.06. The summed E-state index contributed by atoms with van der Waals surface area (Å²) in [5, 5.41) is 23.1. The van der Waals surface area contributed by atoms with Crippen molar-refractivity contribution in [1.82, 2.24) is 5.32 Å². The van der Waals surface area contributed by atoms with E-state index in [9.17, 15) is 10.2 Å². The van der Waals surface area contributed by atoms with Gasteiger partial charge in [0, 0.05) is 18.7 Å². The minimum atomic E-state index is -0.316. The molecule has 3 N–H and O–H groups in total. The van der Waals surface area contributed by atoms with Crippen molar-refractivity contribution in [1.29, 1.82) is 0 Å². The van der Waals surface area contributed by atoms with Crippen molar-refractivity contribution in [2.75, 3.05) is 6.54 Å². The summed E-state index contributed by atoms with van der Waals surface area (Å²) in [4.78, 5) is 0. The molecule has 0 saturated heterocycles. The molecule has 1 unspecified atom stereocenters. The van der Waals surface area contributed by atoms with E-state index in [2.05, 4.69) is 19.2 Å². The van der Waals surface area contributed by atoms with Gasteiger partial charge in [-0.25, -0.2) is 0 Å². The number of hydrogen-bond acceptors (Lipinski definition) is 3. The quantitative estimate of drug-likeness (QED) is 0.710. The highest BCUT2D eigenvalue weighted by atomic mass is 16.3. The van der Waals surface area contributed by atoms with Gasteiger partial charge < -0.3 is 15.5 Å². The van der Waals surface area contributed by atoms with Gasteiger partial charge in [-0.05, 0) is 37.0 Å². The van der Waals surface area contributed by atoms with Crippen molar-refractivity contribution in [3.05, 3.63) is 28.8 Å². The first kappa shape index (κ1) is 16.0. The minimum absolute atomic E-state index is 0.316. The van der Waals surface area contributed by atoms with Gasteiger partial charge in [-0.15, -0.1) is 0 Å². The zero-order valence-electron chi connectivity index (χ0n) is 12.5. The highest BCUT2D eigenvalue weighted by Gasteiger charge is 2.15. The number of rotatable bonds is 7. The number of benzene rings is 1. The predicted molar refractivity (Wildman–Crippen MR) is 79.4 cm³/mol. The Morgan fingerprint density at radius 1 is 1.11 bits per heavy atom. The molecule has 0 aliphatic carbocycles. The van der Waals surface area contributed by atoms with Crippen LogP contribution in [0, 0.1) is 19.8 Å². The number of aliphatic hydroxyl groups excluding tert-OH is 1. The van der Waals surface area contributed by atoms with E-state index < -0.39 is 0 Å². The minimum Gasteiger partial charge on any atom is -0.508 e. The summed E-state index contributed by atoms with van der Waals surface area (Å²) in [6.07, 6.45) is 1.67. The average molecular weight is 265 g/mol. The van der Waals surface area contributed by atoms with Gasteiger partial charge in [0.25, 0.3) is 0 Å². The van der Waals surface area contributed by atoms with E-state index >= 15 is 0 Å². The van der Waals surface area contributed by atoms with E-state index in [1.807, 2.05) is 19.9 Å². The maximum Gasteiger partial charge on any atom is 0.120 e. The van der Waals surface area contributed by atoms with Crippen molar-refractivity contribution in [3.8, 4) is 5.75 Å². The lowest BCUT2D eigenvalue weighted by Crippen LogP contribution is -2.32. The molecule has 1 aromatic carbocycles. The maximum absolute atomic E-state index is 10.0. The van der Waals surface area contributed by atoms with Crippen LogP contribution in [0.25, 0.3) is 0 Å². The van der Waals surface area contributed by atoms with Crippen LogP contribution in [0.5, 0.6) is 5.75 Å². The monoisotopic (exact) mass is 265 g/mol. The van der Waals surface area contributed by atoms with Crippen LogP contribution in [0.3, 0.4) is 0 Å². The zero-order chi connectivity index (χ0) is 14.4. The third-order valence-corrected chi connectivity index (χ3v) is 3.96. The molecule has 3 nitrogen and oxygen atoms in total. The molecule has 19 heavy (non-hydrogen) atoms. The second-order valence-corrected chi connectivity index (χ2v) is 5.34. The zero-order valence-corrected chi connectivity index (χ0v) is 12.5. The second kappa shape index (κ2) is 7.51. The van der Waals surface area contributed by atoms with Crippen LogP contribution in [0.4, 0.5) is 0 Å². The lowest BCUT2D eigenvalue weighted by atomic mass is 9.96. The van der Waals surface area contributed by atoms with E-state index in [1.54, 1.807) is 6.07 Å². The van der Waals surface area contributed by atoms with E-state index in [1.165, 1.54) is 5.56 Å². The fraction of sp³-hybridized carbons (Fsp3) is 0.625. The lowest BCUT2D eigenvalue weighted by Gasteiger charge is -2.20. The van der Waals surface area contributed by atoms with E-state index in [4.69, 9.17) is 0 Å². The van der Waals surface area contributed by atoms with Crippen LogP contribution in [-0.4, -0.2) is 22.9 Å². The molecule has 0 heterocycles. The molecule has 0 radical (unpaired) electrons.